The van der Waals surface area contributed by atoms with Crippen LogP contribution in [0.4, 0.5) is 4.79 Å². The molecule has 1 N–H and O–H groups in total. The van der Waals surface area contributed by atoms with E-state index >= 15 is 0 Å². The van der Waals surface area contributed by atoms with Crippen LogP contribution in [0.1, 0.15) is 49.2 Å². The Morgan fingerprint density at radius 3 is 2.96 bits per heavy atom. The Balaban J connectivity index is 1.61. The van der Waals surface area contributed by atoms with Gasteiger partial charge in [-0.05, 0) is 39.0 Å². The Labute approximate surface area is 147 Å². The number of hydrogen-bond donors (Lipinski definition) is 1. The highest BCUT2D eigenvalue weighted by Gasteiger charge is 2.27. The van der Waals surface area contributed by atoms with E-state index in [-0.39, 0.29) is 12.1 Å². The first kappa shape index (κ1) is 17.4. The lowest BCUT2D eigenvalue weighted by molar-refractivity contribution is 0.154. The molecule has 1 aliphatic rings. The summed E-state index contributed by atoms with van der Waals surface area (Å²) in [7, 11) is 0. The van der Waals surface area contributed by atoms with Gasteiger partial charge in [0, 0.05) is 31.4 Å². The number of aromatic nitrogens is 4. The molecule has 8 nitrogen and oxygen atoms in total. The van der Waals surface area contributed by atoms with Crippen LogP contribution in [0, 0.1) is 19.8 Å². The summed E-state index contributed by atoms with van der Waals surface area (Å²) in [5.74, 6) is 1.17. The summed E-state index contributed by atoms with van der Waals surface area (Å²) in [4.78, 5) is 14.7. The van der Waals surface area contributed by atoms with Crippen molar-refractivity contribution in [2.45, 2.75) is 52.6 Å². The highest BCUT2D eigenvalue weighted by molar-refractivity contribution is 5.75. The van der Waals surface area contributed by atoms with E-state index in [2.05, 4.69) is 27.7 Å². The minimum absolute atomic E-state index is 0.0184. The van der Waals surface area contributed by atoms with E-state index in [1.807, 2.05) is 29.6 Å². The largest absolute Gasteiger partial charge is 0.361 e. The van der Waals surface area contributed by atoms with Gasteiger partial charge in [-0.15, -0.1) is 5.10 Å². The summed E-state index contributed by atoms with van der Waals surface area (Å²) >= 11 is 0. The first-order chi connectivity index (χ1) is 12.1. The molecule has 25 heavy (non-hydrogen) atoms. The fourth-order valence-electron chi connectivity index (χ4n) is 3.60. The van der Waals surface area contributed by atoms with Crippen LogP contribution in [0.15, 0.2) is 16.9 Å². The number of urea groups is 1. The molecule has 3 rings (SSSR count). The van der Waals surface area contributed by atoms with E-state index in [1.54, 1.807) is 6.20 Å². The SMILES string of the molecule is CC[C@@H](NC(=O)N1CCC[C@@H](Cn2ccnn2)C1)c1c(C)noc1C. The number of nitrogens with zero attached hydrogens (tertiary/aromatic N) is 5. The zero-order valence-electron chi connectivity index (χ0n) is 15.1. The van der Waals surface area contributed by atoms with Gasteiger partial charge >= 0.3 is 6.03 Å². The maximum atomic E-state index is 12.8. The summed E-state index contributed by atoms with van der Waals surface area (Å²) in [5, 5.41) is 15.0. The molecule has 1 saturated heterocycles. The lowest BCUT2D eigenvalue weighted by atomic mass is 9.98. The molecule has 1 aliphatic heterocycles. The zero-order chi connectivity index (χ0) is 17.8. The highest BCUT2D eigenvalue weighted by Crippen LogP contribution is 2.25. The second-order valence-electron chi connectivity index (χ2n) is 6.73. The van der Waals surface area contributed by atoms with E-state index in [1.165, 1.54) is 0 Å². The van der Waals surface area contributed by atoms with Gasteiger partial charge in [0.2, 0.25) is 0 Å². The van der Waals surface area contributed by atoms with Crippen molar-refractivity contribution in [2.75, 3.05) is 13.1 Å². The van der Waals surface area contributed by atoms with Gasteiger partial charge in [0.25, 0.3) is 0 Å². The van der Waals surface area contributed by atoms with Crippen molar-refractivity contribution in [1.82, 2.24) is 30.4 Å². The van der Waals surface area contributed by atoms with E-state index in [4.69, 9.17) is 4.52 Å². The molecular weight excluding hydrogens is 320 g/mol. The predicted molar refractivity (Wildman–Crippen MR) is 91.9 cm³/mol. The summed E-state index contributed by atoms with van der Waals surface area (Å²) < 4.78 is 7.09. The smallest absolute Gasteiger partial charge is 0.317 e. The Kier molecular flexibility index (Phi) is 5.35. The first-order valence-corrected chi connectivity index (χ1v) is 8.90. The third-order valence-electron chi connectivity index (χ3n) is 4.87. The molecular formula is C17H26N6O2. The van der Waals surface area contributed by atoms with Gasteiger partial charge < -0.3 is 14.7 Å². The van der Waals surface area contributed by atoms with Gasteiger partial charge in [0.1, 0.15) is 5.76 Å². The van der Waals surface area contributed by atoms with Crippen LogP contribution in [0.25, 0.3) is 0 Å². The lowest BCUT2D eigenvalue weighted by Crippen LogP contribution is -2.47. The predicted octanol–water partition coefficient (Wildman–Crippen LogP) is 2.46. The van der Waals surface area contributed by atoms with Crippen LogP contribution in [0.5, 0.6) is 0 Å². The fraction of sp³-hybridized carbons (Fsp3) is 0.647. The second kappa shape index (κ2) is 7.67. The number of carbonyl (C=O) groups is 1. The molecule has 1 fully saturated rings. The lowest BCUT2D eigenvalue weighted by Gasteiger charge is -2.33. The fourth-order valence-corrected chi connectivity index (χ4v) is 3.60. The van der Waals surface area contributed by atoms with E-state index < -0.39 is 0 Å². The van der Waals surface area contributed by atoms with Gasteiger partial charge in [0.05, 0.1) is 17.9 Å². The molecule has 2 aromatic heterocycles. The number of amides is 2. The summed E-state index contributed by atoms with van der Waals surface area (Å²) in [6, 6.07) is -0.0930. The topological polar surface area (TPSA) is 89.1 Å². The number of nitrogens with one attached hydrogen (secondary N) is 1. The van der Waals surface area contributed by atoms with Crippen LogP contribution in [0.2, 0.25) is 0 Å². The van der Waals surface area contributed by atoms with Crippen LogP contribution in [-0.2, 0) is 6.54 Å². The molecule has 2 aromatic rings. The molecule has 0 aromatic carbocycles. The minimum atomic E-state index is -0.0746. The molecule has 0 bridgehead atoms. The zero-order valence-corrected chi connectivity index (χ0v) is 15.1. The van der Waals surface area contributed by atoms with Crippen molar-refractivity contribution in [3.63, 3.8) is 0 Å². The molecule has 0 spiro atoms. The van der Waals surface area contributed by atoms with Crippen molar-refractivity contribution in [1.29, 1.82) is 0 Å². The van der Waals surface area contributed by atoms with Crippen LogP contribution in [0.3, 0.4) is 0 Å². The molecule has 0 saturated carbocycles. The molecule has 2 amide bonds. The number of likely N-dealkylation sites (tertiary alicyclic amines) is 1. The summed E-state index contributed by atoms with van der Waals surface area (Å²) in [5.41, 5.74) is 1.83. The molecule has 136 valence electrons. The quantitative estimate of drug-likeness (QED) is 0.898. The standard InChI is InChI=1S/C17H26N6O2/c1-4-15(16-12(2)20-25-13(16)3)19-17(24)22-8-5-6-14(10-22)11-23-9-7-18-21-23/h7,9,14-15H,4-6,8,10-11H2,1-3H3,(H,19,24)/t14-,15-/m1/s1. The molecule has 8 heteroatoms. The van der Waals surface area contributed by atoms with Crippen LogP contribution >= 0.6 is 0 Å². The molecule has 3 heterocycles. The number of aryl methyl sites for hydroxylation is 2. The monoisotopic (exact) mass is 346 g/mol. The van der Waals surface area contributed by atoms with Gasteiger partial charge in [0.15, 0.2) is 0 Å². The first-order valence-electron chi connectivity index (χ1n) is 8.90. The van der Waals surface area contributed by atoms with Crippen molar-refractivity contribution >= 4 is 6.03 Å². The average Bonchev–Trinajstić information content (AvgIpc) is 3.23. The molecule has 0 radical (unpaired) electrons. The van der Waals surface area contributed by atoms with Crippen molar-refractivity contribution in [3.05, 3.63) is 29.4 Å². The van der Waals surface area contributed by atoms with Crippen LogP contribution in [-0.4, -0.2) is 44.2 Å². The Morgan fingerprint density at radius 1 is 1.48 bits per heavy atom. The van der Waals surface area contributed by atoms with Gasteiger partial charge in [-0.2, -0.15) is 0 Å². The second-order valence-corrected chi connectivity index (χ2v) is 6.73. The summed E-state index contributed by atoms with van der Waals surface area (Å²) in [6.45, 7) is 8.18. The molecule has 0 aliphatic carbocycles. The number of hydrogen-bond acceptors (Lipinski definition) is 5. The number of carbonyl (C=O) groups excluding carboxylic acids is 1. The normalized spacial score (nSPS) is 19.0. The minimum Gasteiger partial charge on any atom is -0.361 e. The number of rotatable bonds is 5. The average molecular weight is 346 g/mol. The molecule has 0 unspecified atom stereocenters. The molecule has 2 atom stereocenters. The van der Waals surface area contributed by atoms with Crippen molar-refractivity contribution < 1.29 is 9.32 Å². The Bertz CT molecular complexity index is 677. The van der Waals surface area contributed by atoms with Crippen LogP contribution < -0.4 is 5.32 Å². The highest BCUT2D eigenvalue weighted by atomic mass is 16.5. The Morgan fingerprint density at radius 2 is 2.32 bits per heavy atom. The van der Waals surface area contributed by atoms with E-state index in [9.17, 15) is 4.79 Å². The van der Waals surface area contributed by atoms with E-state index in [0.717, 1.165) is 55.9 Å². The number of piperidine rings is 1. The maximum absolute atomic E-state index is 12.8. The van der Waals surface area contributed by atoms with Gasteiger partial charge in [-0.3, -0.25) is 4.68 Å². The third kappa shape index (κ3) is 4.00. The Hall–Kier alpha value is -2.38. The van der Waals surface area contributed by atoms with Crippen molar-refractivity contribution in [3.8, 4) is 0 Å². The van der Waals surface area contributed by atoms with Crippen molar-refractivity contribution in [2.24, 2.45) is 5.92 Å². The maximum Gasteiger partial charge on any atom is 0.317 e. The van der Waals surface area contributed by atoms with E-state index in [0.29, 0.717) is 5.92 Å². The summed E-state index contributed by atoms with van der Waals surface area (Å²) in [6.07, 6.45) is 6.46. The van der Waals surface area contributed by atoms with Gasteiger partial charge in [-0.25, -0.2) is 4.79 Å². The third-order valence-corrected chi connectivity index (χ3v) is 4.87. The van der Waals surface area contributed by atoms with Gasteiger partial charge in [-0.1, -0.05) is 17.3 Å².